The summed E-state index contributed by atoms with van der Waals surface area (Å²) in [5.74, 6) is -1.17. The highest BCUT2D eigenvalue weighted by Crippen LogP contribution is 2.14. The maximum Gasteiger partial charge on any atom is 0.274 e. The number of hydrogen-bond acceptors (Lipinski definition) is 3. The van der Waals surface area contributed by atoms with Crippen LogP contribution in [0.3, 0.4) is 0 Å². The predicted octanol–water partition coefficient (Wildman–Crippen LogP) is 3.96. The van der Waals surface area contributed by atoms with Gasteiger partial charge < -0.3 is 10.6 Å². The molecule has 3 rings (SSSR count). The van der Waals surface area contributed by atoms with E-state index in [0.717, 1.165) is 5.56 Å². The zero-order valence-electron chi connectivity index (χ0n) is 14.6. The topological polar surface area (TPSA) is 71.1 Å². The summed E-state index contributed by atoms with van der Waals surface area (Å²) in [5.41, 5.74) is 1.85. The van der Waals surface area contributed by atoms with Crippen LogP contribution in [0.5, 0.6) is 0 Å². The van der Waals surface area contributed by atoms with Crippen LogP contribution in [0.1, 0.15) is 39.4 Å². The number of aromatic nitrogens is 1. The molecule has 0 saturated heterocycles. The van der Waals surface area contributed by atoms with Crippen molar-refractivity contribution in [2.75, 3.05) is 5.32 Å². The second-order valence-electron chi connectivity index (χ2n) is 6.00. The van der Waals surface area contributed by atoms with Gasteiger partial charge in [0, 0.05) is 17.4 Å². The second kappa shape index (κ2) is 8.23. The molecule has 0 aliphatic heterocycles. The van der Waals surface area contributed by atoms with Crippen LogP contribution in [0, 0.1) is 5.82 Å². The number of rotatable bonds is 5. The number of carbonyl (C=O) groups is 2. The van der Waals surface area contributed by atoms with Gasteiger partial charge in [-0.1, -0.05) is 30.3 Å². The fourth-order valence-corrected chi connectivity index (χ4v) is 2.53. The molecule has 0 aliphatic rings. The average Bonchev–Trinajstić information content (AvgIpc) is 2.70. The number of halogens is 1. The first-order chi connectivity index (χ1) is 13.0. The van der Waals surface area contributed by atoms with Crippen LogP contribution >= 0.6 is 0 Å². The Hall–Kier alpha value is -3.54. The number of nitrogens with zero attached hydrogens (tertiary/aromatic N) is 1. The summed E-state index contributed by atoms with van der Waals surface area (Å²) < 4.78 is 12.9. The molecule has 6 heteroatoms. The first-order valence-corrected chi connectivity index (χ1v) is 8.42. The van der Waals surface area contributed by atoms with Gasteiger partial charge in [-0.25, -0.2) is 4.39 Å². The quantitative estimate of drug-likeness (QED) is 0.721. The van der Waals surface area contributed by atoms with E-state index in [0.29, 0.717) is 11.3 Å². The first kappa shape index (κ1) is 18.3. The van der Waals surface area contributed by atoms with Crippen molar-refractivity contribution in [3.8, 4) is 0 Å². The highest BCUT2D eigenvalue weighted by atomic mass is 19.1. The lowest BCUT2D eigenvalue weighted by Crippen LogP contribution is -2.27. The van der Waals surface area contributed by atoms with Gasteiger partial charge >= 0.3 is 0 Å². The Bertz CT molecular complexity index is 943. The number of anilines is 1. The van der Waals surface area contributed by atoms with E-state index < -0.39 is 11.7 Å². The molecule has 0 saturated carbocycles. The summed E-state index contributed by atoms with van der Waals surface area (Å²) >= 11 is 0. The van der Waals surface area contributed by atoms with Crippen LogP contribution < -0.4 is 10.6 Å². The fourth-order valence-electron chi connectivity index (χ4n) is 2.53. The minimum Gasteiger partial charge on any atom is -0.346 e. The minimum atomic E-state index is -0.479. The lowest BCUT2D eigenvalue weighted by molar-refractivity contribution is 0.0939. The SMILES string of the molecule is CC(NC(=O)c1ccnc(C(=O)Nc2ccc(F)cc2)c1)c1ccccc1. The van der Waals surface area contributed by atoms with Gasteiger partial charge in [-0.05, 0) is 48.9 Å². The normalized spacial score (nSPS) is 11.5. The van der Waals surface area contributed by atoms with Gasteiger partial charge in [-0.15, -0.1) is 0 Å². The standard InChI is InChI=1S/C21H18FN3O2/c1-14(15-5-3-2-4-6-15)24-20(26)16-11-12-23-19(13-16)21(27)25-18-9-7-17(22)8-10-18/h2-14H,1H3,(H,24,26)(H,25,27). The minimum absolute atomic E-state index is 0.0966. The Morgan fingerprint density at radius 3 is 2.37 bits per heavy atom. The molecule has 2 N–H and O–H groups in total. The maximum absolute atomic E-state index is 12.9. The van der Waals surface area contributed by atoms with Gasteiger partial charge in [0.2, 0.25) is 0 Å². The molecular formula is C21H18FN3O2. The molecule has 0 aliphatic carbocycles. The summed E-state index contributed by atoms with van der Waals surface area (Å²) in [4.78, 5) is 28.8. The second-order valence-corrected chi connectivity index (χ2v) is 6.00. The van der Waals surface area contributed by atoms with Crippen LogP contribution in [-0.4, -0.2) is 16.8 Å². The number of pyridine rings is 1. The lowest BCUT2D eigenvalue weighted by Gasteiger charge is -2.14. The van der Waals surface area contributed by atoms with Crippen LogP contribution in [-0.2, 0) is 0 Å². The zero-order chi connectivity index (χ0) is 19.2. The maximum atomic E-state index is 12.9. The van der Waals surface area contributed by atoms with Gasteiger partial charge in [0.15, 0.2) is 0 Å². The van der Waals surface area contributed by atoms with Crippen molar-refractivity contribution in [1.29, 1.82) is 0 Å². The molecular weight excluding hydrogens is 345 g/mol. The van der Waals surface area contributed by atoms with Crippen molar-refractivity contribution in [1.82, 2.24) is 10.3 Å². The lowest BCUT2D eigenvalue weighted by atomic mass is 10.1. The first-order valence-electron chi connectivity index (χ1n) is 8.42. The van der Waals surface area contributed by atoms with Crippen molar-refractivity contribution >= 4 is 17.5 Å². The van der Waals surface area contributed by atoms with Gasteiger partial charge in [0.25, 0.3) is 11.8 Å². The molecule has 2 amide bonds. The molecule has 5 nitrogen and oxygen atoms in total. The fraction of sp³-hybridized carbons (Fsp3) is 0.0952. The van der Waals surface area contributed by atoms with Gasteiger partial charge in [-0.2, -0.15) is 0 Å². The summed E-state index contributed by atoms with van der Waals surface area (Å²) in [7, 11) is 0. The van der Waals surface area contributed by atoms with E-state index in [1.807, 2.05) is 37.3 Å². The summed E-state index contributed by atoms with van der Waals surface area (Å²) in [6, 6.07) is 17.8. The highest BCUT2D eigenvalue weighted by molar-refractivity contribution is 6.04. The molecule has 1 aromatic heterocycles. The molecule has 27 heavy (non-hydrogen) atoms. The van der Waals surface area contributed by atoms with E-state index in [2.05, 4.69) is 15.6 Å². The smallest absolute Gasteiger partial charge is 0.274 e. The number of amides is 2. The number of benzene rings is 2. The third-order valence-electron chi connectivity index (χ3n) is 4.00. The number of carbonyl (C=O) groups excluding carboxylic acids is 2. The largest absolute Gasteiger partial charge is 0.346 e. The van der Waals surface area contributed by atoms with Crippen LogP contribution in [0.2, 0.25) is 0 Å². The molecule has 1 heterocycles. The van der Waals surface area contributed by atoms with Crippen molar-refractivity contribution < 1.29 is 14.0 Å². The van der Waals surface area contributed by atoms with E-state index >= 15 is 0 Å². The van der Waals surface area contributed by atoms with Crippen molar-refractivity contribution in [2.24, 2.45) is 0 Å². The van der Waals surface area contributed by atoms with E-state index in [1.54, 1.807) is 6.07 Å². The summed E-state index contributed by atoms with van der Waals surface area (Å²) in [6.45, 7) is 1.89. The van der Waals surface area contributed by atoms with Crippen molar-refractivity contribution in [3.63, 3.8) is 0 Å². The molecule has 0 radical (unpaired) electrons. The molecule has 136 valence electrons. The van der Waals surface area contributed by atoms with Gasteiger partial charge in [0.1, 0.15) is 11.5 Å². The Morgan fingerprint density at radius 2 is 1.67 bits per heavy atom. The summed E-state index contributed by atoms with van der Waals surface area (Å²) in [5, 5.41) is 5.51. The molecule has 1 unspecified atom stereocenters. The molecule has 0 fully saturated rings. The third-order valence-corrected chi connectivity index (χ3v) is 4.00. The molecule has 2 aromatic carbocycles. The van der Waals surface area contributed by atoms with Crippen LogP contribution in [0.25, 0.3) is 0 Å². The zero-order valence-corrected chi connectivity index (χ0v) is 14.6. The van der Waals surface area contributed by atoms with E-state index in [9.17, 15) is 14.0 Å². The molecule has 0 spiro atoms. The van der Waals surface area contributed by atoms with E-state index in [4.69, 9.17) is 0 Å². The van der Waals surface area contributed by atoms with Crippen molar-refractivity contribution in [3.05, 3.63) is 95.6 Å². The Balaban J connectivity index is 1.69. The number of hydrogen-bond donors (Lipinski definition) is 2. The van der Waals surface area contributed by atoms with Crippen LogP contribution in [0.4, 0.5) is 10.1 Å². The predicted molar refractivity (Wildman–Crippen MR) is 101 cm³/mol. The average molecular weight is 363 g/mol. The number of nitrogens with one attached hydrogen (secondary N) is 2. The Kier molecular flexibility index (Phi) is 5.56. The van der Waals surface area contributed by atoms with Gasteiger partial charge in [-0.3, -0.25) is 14.6 Å². The third kappa shape index (κ3) is 4.76. The Labute approximate surface area is 156 Å². The molecule has 3 aromatic rings. The highest BCUT2D eigenvalue weighted by Gasteiger charge is 2.14. The summed E-state index contributed by atoms with van der Waals surface area (Å²) in [6.07, 6.45) is 1.40. The molecule has 1 atom stereocenters. The molecule has 0 bridgehead atoms. The van der Waals surface area contributed by atoms with E-state index in [1.165, 1.54) is 36.5 Å². The van der Waals surface area contributed by atoms with E-state index in [-0.39, 0.29) is 17.6 Å². The van der Waals surface area contributed by atoms with Gasteiger partial charge in [0.05, 0.1) is 6.04 Å². The Morgan fingerprint density at radius 1 is 0.963 bits per heavy atom. The van der Waals surface area contributed by atoms with Crippen molar-refractivity contribution in [2.45, 2.75) is 13.0 Å². The monoisotopic (exact) mass is 363 g/mol. The van der Waals surface area contributed by atoms with Crippen LogP contribution in [0.15, 0.2) is 72.9 Å².